The van der Waals surface area contributed by atoms with Gasteiger partial charge in [-0.25, -0.2) is 0 Å². The lowest BCUT2D eigenvalue weighted by Gasteiger charge is -2.11. The van der Waals surface area contributed by atoms with Gasteiger partial charge in [0, 0.05) is 21.8 Å². The highest BCUT2D eigenvalue weighted by molar-refractivity contribution is 6.40. The summed E-state index contributed by atoms with van der Waals surface area (Å²) >= 11 is 11.6. The normalized spacial score (nSPS) is 11.8. The molecular formula is C12H14Cl2N2O2. The molecule has 2 N–H and O–H groups in total. The number of nitrogens with one attached hydrogen (secondary N) is 2. The van der Waals surface area contributed by atoms with Crippen LogP contribution in [-0.2, 0) is 9.59 Å². The van der Waals surface area contributed by atoms with Crippen LogP contribution < -0.4 is 10.6 Å². The highest BCUT2D eigenvalue weighted by atomic mass is 35.5. The Morgan fingerprint density at radius 2 is 1.72 bits per heavy atom. The van der Waals surface area contributed by atoms with Crippen LogP contribution in [0.4, 0.5) is 5.69 Å². The summed E-state index contributed by atoms with van der Waals surface area (Å²) in [5.41, 5.74) is 0.386. The Morgan fingerprint density at radius 3 is 2.22 bits per heavy atom. The van der Waals surface area contributed by atoms with E-state index in [9.17, 15) is 9.59 Å². The van der Waals surface area contributed by atoms with Crippen molar-refractivity contribution in [2.75, 3.05) is 5.32 Å². The van der Waals surface area contributed by atoms with Gasteiger partial charge in [0.05, 0.1) is 0 Å². The molecule has 0 saturated carbocycles. The average Bonchev–Trinajstić information content (AvgIpc) is 2.27. The number of anilines is 1. The Kier molecular flexibility index (Phi) is 5.44. The molecule has 4 nitrogen and oxygen atoms in total. The second-order valence-electron chi connectivity index (χ2n) is 3.90. The van der Waals surface area contributed by atoms with Crippen molar-refractivity contribution in [1.29, 1.82) is 0 Å². The Bertz CT molecular complexity index is 443. The zero-order valence-electron chi connectivity index (χ0n) is 10.1. The number of carbonyl (C=O) groups excluding carboxylic acids is 2. The van der Waals surface area contributed by atoms with Gasteiger partial charge in [-0.05, 0) is 31.5 Å². The maximum absolute atomic E-state index is 11.6. The third-order valence-corrected chi connectivity index (χ3v) is 2.75. The van der Waals surface area contributed by atoms with Crippen LogP contribution in [-0.4, -0.2) is 17.9 Å². The quantitative estimate of drug-likeness (QED) is 0.841. The van der Waals surface area contributed by atoms with Crippen molar-refractivity contribution in [2.24, 2.45) is 0 Å². The lowest BCUT2D eigenvalue weighted by molar-refractivity contribution is -0.136. The van der Waals surface area contributed by atoms with Gasteiger partial charge in [-0.1, -0.05) is 30.1 Å². The molecule has 2 amide bonds. The van der Waals surface area contributed by atoms with Gasteiger partial charge in [0.1, 0.15) is 0 Å². The number of hydrogen-bond acceptors (Lipinski definition) is 2. The summed E-state index contributed by atoms with van der Waals surface area (Å²) in [6.45, 7) is 3.74. The molecule has 0 spiro atoms. The summed E-state index contributed by atoms with van der Waals surface area (Å²) in [7, 11) is 0. The summed E-state index contributed by atoms with van der Waals surface area (Å²) in [5.74, 6) is -1.42. The summed E-state index contributed by atoms with van der Waals surface area (Å²) in [5, 5.41) is 5.77. The third-order valence-electron chi connectivity index (χ3n) is 2.32. The molecule has 0 unspecified atom stereocenters. The predicted molar refractivity (Wildman–Crippen MR) is 73.0 cm³/mol. The maximum Gasteiger partial charge on any atom is 0.313 e. The van der Waals surface area contributed by atoms with E-state index >= 15 is 0 Å². The standard InChI is InChI=1S/C12H14Cl2N2O2/c1-3-7(2)15-11(17)12(18)16-10-5-8(13)4-9(14)6-10/h4-7H,3H2,1-2H3,(H,15,17)(H,16,18)/t7-/m1/s1. The molecular weight excluding hydrogens is 275 g/mol. The van der Waals surface area contributed by atoms with Crippen LogP contribution in [0.1, 0.15) is 20.3 Å². The second-order valence-corrected chi connectivity index (χ2v) is 4.77. The molecule has 0 fully saturated rings. The van der Waals surface area contributed by atoms with E-state index in [1.54, 1.807) is 0 Å². The van der Waals surface area contributed by atoms with E-state index in [1.165, 1.54) is 18.2 Å². The van der Waals surface area contributed by atoms with E-state index in [-0.39, 0.29) is 6.04 Å². The van der Waals surface area contributed by atoms with E-state index < -0.39 is 11.8 Å². The van der Waals surface area contributed by atoms with Gasteiger partial charge < -0.3 is 10.6 Å². The fourth-order valence-electron chi connectivity index (χ4n) is 1.21. The van der Waals surface area contributed by atoms with Crippen molar-refractivity contribution in [3.05, 3.63) is 28.2 Å². The molecule has 6 heteroatoms. The van der Waals surface area contributed by atoms with Gasteiger partial charge in [-0.3, -0.25) is 9.59 Å². The number of carbonyl (C=O) groups is 2. The van der Waals surface area contributed by atoms with E-state index in [1.807, 2.05) is 13.8 Å². The number of halogens is 2. The first-order valence-electron chi connectivity index (χ1n) is 5.50. The van der Waals surface area contributed by atoms with Crippen molar-refractivity contribution in [2.45, 2.75) is 26.3 Å². The number of hydrogen-bond donors (Lipinski definition) is 2. The highest BCUT2D eigenvalue weighted by Crippen LogP contribution is 2.22. The van der Waals surface area contributed by atoms with Crippen molar-refractivity contribution < 1.29 is 9.59 Å². The predicted octanol–water partition coefficient (Wildman–Crippen LogP) is 2.85. The highest BCUT2D eigenvalue weighted by Gasteiger charge is 2.15. The maximum atomic E-state index is 11.6. The molecule has 1 rings (SSSR count). The fraction of sp³-hybridized carbons (Fsp3) is 0.333. The zero-order valence-corrected chi connectivity index (χ0v) is 11.6. The van der Waals surface area contributed by atoms with Gasteiger partial charge in [-0.15, -0.1) is 0 Å². The van der Waals surface area contributed by atoms with Gasteiger partial charge in [0.2, 0.25) is 0 Å². The second kappa shape index (κ2) is 6.61. The summed E-state index contributed by atoms with van der Waals surface area (Å²) in [6, 6.07) is 4.52. The molecule has 0 aliphatic carbocycles. The molecule has 18 heavy (non-hydrogen) atoms. The molecule has 0 aliphatic rings. The van der Waals surface area contributed by atoms with Crippen LogP contribution in [0.3, 0.4) is 0 Å². The summed E-state index contributed by atoms with van der Waals surface area (Å²) < 4.78 is 0. The minimum absolute atomic E-state index is 0.0498. The molecule has 0 bridgehead atoms. The number of benzene rings is 1. The van der Waals surface area contributed by atoms with Crippen LogP contribution in [0.15, 0.2) is 18.2 Å². The van der Waals surface area contributed by atoms with E-state index in [0.717, 1.165) is 6.42 Å². The van der Waals surface area contributed by atoms with Crippen LogP contribution >= 0.6 is 23.2 Å². The fourth-order valence-corrected chi connectivity index (χ4v) is 1.73. The molecule has 0 aromatic heterocycles. The molecule has 1 aromatic carbocycles. The Hall–Kier alpha value is -1.26. The smallest absolute Gasteiger partial charge is 0.313 e. The van der Waals surface area contributed by atoms with Crippen molar-refractivity contribution in [1.82, 2.24) is 5.32 Å². The van der Waals surface area contributed by atoms with E-state index in [0.29, 0.717) is 15.7 Å². The number of rotatable bonds is 3. The van der Waals surface area contributed by atoms with Gasteiger partial charge in [0.15, 0.2) is 0 Å². The average molecular weight is 289 g/mol. The minimum Gasteiger partial charge on any atom is -0.345 e. The molecule has 98 valence electrons. The topological polar surface area (TPSA) is 58.2 Å². The first-order chi connectivity index (χ1) is 8.42. The van der Waals surface area contributed by atoms with Gasteiger partial charge >= 0.3 is 11.8 Å². The summed E-state index contributed by atoms with van der Waals surface area (Å²) in [4.78, 5) is 23.1. The molecule has 0 radical (unpaired) electrons. The minimum atomic E-state index is -0.742. The Labute approximate surface area is 116 Å². The lowest BCUT2D eigenvalue weighted by Crippen LogP contribution is -2.40. The Balaban J connectivity index is 2.66. The van der Waals surface area contributed by atoms with Crippen LogP contribution in [0, 0.1) is 0 Å². The van der Waals surface area contributed by atoms with Gasteiger partial charge in [-0.2, -0.15) is 0 Å². The first kappa shape index (κ1) is 14.8. The lowest BCUT2D eigenvalue weighted by atomic mass is 10.2. The van der Waals surface area contributed by atoms with E-state index in [2.05, 4.69) is 10.6 Å². The van der Waals surface area contributed by atoms with Crippen LogP contribution in [0.25, 0.3) is 0 Å². The number of amides is 2. The van der Waals surface area contributed by atoms with Crippen molar-refractivity contribution >= 4 is 40.7 Å². The Morgan fingerprint density at radius 1 is 1.17 bits per heavy atom. The van der Waals surface area contributed by atoms with Crippen LogP contribution in [0.2, 0.25) is 10.0 Å². The van der Waals surface area contributed by atoms with Crippen molar-refractivity contribution in [3.63, 3.8) is 0 Å². The first-order valence-corrected chi connectivity index (χ1v) is 6.26. The molecule has 0 aliphatic heterocycles. The third kappa shape index (κ3) is 4.55. The molecule has 1 aromatic rings. The molecule has 0 heterocycles. The zero-order chi connectivity index (χ0) is 13.7. The van der Waals surface area contributed by atoms with E-state index in [4.69, 9.17) is 23.2 Å². The van der Waals surface area contributed by atoms with Crippen molar-refractivity contribution in [3.8, 4) is 0 Å². The molecule has 1 atom stereocenters. The largest absolute Gasteiger partial charge is 0.345 e. The molecule has 0 saturated heterocycles. The summed E-state index contributed by atoms with van der Waals surface area (Å²) in [6.07, 6.45) is 0.752. The van der Waals surface area contributed by atoms with Gasteiger partial charge in [0.25, 0.3) is 0 Å². The SMILES string of the molecule is CC[C@@H](C)NC(=O)C(=O)Nc1cc(Cl)cc(Cl)c1. The van der Waals surface area contributed by atoms with Crippen LogP contribution in [0.5, 0.6) is 0 Å². The monoisotopic (exact) mass is 288 g/mol.